The van der Waals surface area contributed by atoms with E-state index in [4.69, 9.17) is 4.74 Å². The van der Waals surface area contributed by atoms with Crippen LogP contribution in [0.4, 0.5) is 9.18 Å². The maximum Gasteiger partial charge on any atom is 0.422 e. The maximum atomic E-state index is 14.7. The average Bonchev–Trinajstić information content (AvgIpc) is 2.56. The Balaban J connectivity index is 1.93. The van der Waals surface area contributed by atoms with Gasteiger partial charge in [-0.2, -0.15) is 0 Å². The molecule has 28 heavy (non-hydrogen) atoms. The van der Waals surface area contributed by atoms with Gasteiger partial charge in [0.2, 0.25) is 0 Å². The summed E-state index contributed by atoms with van der Waals surface area (Å²) in [5.74, 6) is -0.222. The van der Waals surface area contributed by atoms with Crippen LogP contribution in [0.1, 0.15) is 58.7 Å². The lowest BCUT2D eigenvalue weighted by molar-refractivity contribution is 0.0355. The Morgan fingerprint density at radius 1 is 1.32 bits per heavy atom. The molecule has 0 aliphatic carbocycles. The van der Waals surface area contributed by atoms with Crippen LogP contribution >= 0.6 is 0 Å². The lowest BCUT2D eigenvalue weighted by Gasteiger charge is -2.45. The Hall–Kier alpha value is -1.70. The summed E-state index contributed by atoms with van der Waals surface area (Å²) in [7, 11) is 2.13. The topological polar surface area (TPSA) is 56.8 Å². The molecule has 2 rings (SSSR count). The normalized spacial score (nSPS) is 19.3. The van der Waals surface area contributed by atoms with E-state index in [1.165, 1.54) is 6.07 Å². The highest BCUT2D eigenvalue weighted by Crippen LogP contribution is 2.23. The standard InChI is InChI=1S/C21H35FN4O2/c1-15(23-24-19(27)28-20(2,3)4)16-8-9-17(18(22)12-16)13-26-11-10-25(7)21(5,6)14-26/h8-9,12,15,23H,10-11,13-14H2,1-7H3,(H,24,27)/t15-/m0/s1. The number of piperazine rings is 1. The van der Waals surface area contributed by atoms with Crippen molar-refractivity contribution in [3.05, 3.63) is 35.1 Å². The van der Waals surface area contributed by atoms with Crippen LogP contribution in [-0.2, 0) is 11.3 Å². The van der Waals surface area contributed by atoms with Crippen molar-refractivity contribution in [2.24, 2.45) is 0 Å². The minimum atomic E-state index is -0.569. The fraction of sp³-hybridized carbons (Fsp3) is 0.667. The Morgan fingerprint density at radius 3 is 2.57 bits per heavy atom. The molecule has 0 spiro atoms. The minimum absolute atomic E-state index is 0.0838. The summed E-state index contributed by atoms with van der Waals surface area (Å²) in [4.78, 5) is 16.4. The Labute approximate surface area is 168 Å². The number of nitrogens with one attached hydrogen (secondary N) is 2. The van der Waals surface area contributed by atoms with E-state index in [1.54, 1.807) is 20.8 Å². The van der Waals surface area contributed by atoms with E-state index in [0.717, 1.165) is 25.2 Å². The Kier molecular flexibility index (Phi) is 7.07. The molecule has 0 saturated carbocycles. The number of likely N-dealkylation sites (N-methyl/N-ethyl adjacent to an activating group) is 1. The molecule has 1 aliphatic rings. The van der Waals surface area contributed by atoms with Gasteiger partial charge in [0, 0.05) is 43.3 Å². The number of hydrogen-bond acceptors (Lipinski definition) is 5. The molecule has 2 N–H and O–H groups in total. The summed E-state index contributed by atoms with van der Waals surface area (Å²) in [5.41, 5.74) is 6.33. The lowest BCUT2D eigenvalue weighted by atomic mass is 9.99. The van der Waals surface area contributed by atoms with Crippen molar-refractivity contribution in [3.8, 4) is 0 Å². The Bertz CT molecular complexity index is 687. The molecule has 0 aromatic heterocycles. The molecule has 158 valence electrons. The molecular weight excluding hydrogens is 359 g/mol. The number of ether oxygens (including phenoxy) is 1. The van der Waals surface area contributed by atoms with Crippen molar-refractivity contribution in [1.82, 2.24) is 20.7 Å². The highest BCUT2D eigenvalue weighted by atomic mass is 19.1. The number of hydrogen-bond donors (Lipinski definition) is 2. The summed E-state index contributed by atoms with van der Waals surface area (Å²) in [6.45, 7) is 15.1. The predicted molar refractivity (Wildman–Crippen MR) is 109 cm³/mol. The number of carbonyl (C=O) groups is 1. The summed E-state index contributed by atoms with van der Waals surface area (Å²) < 4.78 is 19.9. The van der Waals surface area contributed by atoms with Gasteiger partial charge in [-0.25, -0.2) is 14.6 Å². The SMILES string of the molecule is C[C@H](NNC(=O)OC(C)(C)C)c1ccc(CN2CCN(C)C(C)(C)C2)c(F)c1. The highest BCUT2D eigenvalue weighted by molar-refractivity contribution is 5.67. The number of amides is 1. The smallest absolute Gasteiger partial charge is 0.422 e. The van der Waals surface area contributed by atoms with Gasteiger partial charge in [0.15, 0.2) is 0 Å². The van der Waals surface area contributed by atoms with Crippen molar-refractivity contribution in [3.63, 3.8) is 0 Å². The summed E-state index contributed by atoms with van der Waals surface area (Å²) in [5, 5.41) is 0. The predicted octanol–water partition coefficient (Wildman–Crippen LogP) is 3.44. The van der Waals surface area contributed by atoms with Gasteiger partial charge >= 0.3 is 6.09 Å². The molecule has 1 heterocycles. The molecule has 1 amide bonds. The van der Waals surface area contributed by atoms with Crippen LogP contribution in [0.25, 0.3) is 0 Å². The molecule has 1 atom stereocenters. The molecule has 0 radical (unpaired) electrons. The largest absolute Gasteiger partial charge is 0.443 e. The van der Waals surface area contributed by atoms with Gasteiger partial charge in [0.05, 0.1) is 0 Å². The van der Waals surface area contributed by atoms with E-state index in [0.29, 0.717) is 12.1 Å². The van der Waals surface area contributed by atoms with Crippen LogP contribution in [0.3, 0.4) is 0 Å². The van der Waals surface area contributed by atoms with Gasteiger partial charge in [0.25, 0.3) is 0 Å². The van der Waals surface area contributed by atoms with Crippen molar-refractivity contribution >= 4 is 6.09 Å². The number of benzene rings is 1. The van der Waals surface area contributed by atoms with E-state index in [2.05, 4.69) is 41.5 Å². The van der Waals surface area contributed by atoms with Crippen LogP contribution in [0, 0.1) is 5.82 Å². The van der Waals surface area contributed by atoms with E-state index in [-0.39, 0.29) is 17.4 Å². The summed E-state index contributed by atoms with van der Waals surface area (Å²) in [6.07, 6.45) is -0.561. The van der Waals surface area contributed by atoms with Gasteiger partial charge in [0.1, 0.15) is 11.4 Å². The molecule has 1 saturated heterocycles. The van der Waals surface area contributed by atoms with Gasteiger partial charge in [-0.1, -0.05) is 12.1 Å². The average molecular weight is 395 g/mol. The minimum Gasteiger partial charge on any atom is -0.443 e. The quantitative estimate of drug-likeness (QED) is 0.750. The highest BCUT2D eigenvalue weighted by Gasteiger charge is 2.31. The van der Waals surface area contributed by atoms with Gasteiger partial charge < -0.3 is 4.74 Å². The molecule has 7 heteroatoms. The zero-order chi connectivity index (χ0) is 21.1. The third-order valence-electron chi connectivity index (χ3n) is 5.16. The van der Waals surface area contributed by atoms with E-state index in [1.807, 2.05) is 19.1 Å². The monoisotopic (exact) mass is 394 g/mol. The first-order valence-electron chi connectivity index (χ1n) is 9.84. The molecule has 1 aromatic rings. The zero-order valence-electron chi connectivity index (χ0n) is 18.2. The number of nitrogens with zero attached hydrogens (tertiary/aromatic N) is 2. The molecule has 0 unspecified atom stereocenters. The number of halogens is 1. The first-order valence-corrected chi connectivity index (χ1v) is 9.84. The van der Waals surface area contributed by atoms with Crippen LogP contribution in [0.2, 0.25) is 0 Å². The van der Waals surface area contributed by atoms with Crippen LogP contribution < -0.4 is 10.9 Å². The van der Waals surface area contributed by atoms with Crippen molar-refractivity contribution < 1.29 is 13.9 Å². The summed E-state index contributed by atoms with van der Waals surface area (Å²) in [6, 6.07) is 5.01. The molecule has 0 bridgehead atoms. The second kappa shape index (κ2) is 8.76. The number of rotatable bonds is 5. The maximum absolute atomic E-state index is 14.7. The molecule has 1 aromatic carbocycles. The zero-order valence-corrected chi connectivity index (χ0v) is 18.2. The second-order valence-corrected chi connectivity index (χ2v) is 9.29. The van der Waals surface area contributed by atoms with Crippen LogP contribution in [0.5, 0.6) is 0 Å². The number of hydrazine groups is 1. The number of carbonyl (C=O) groups excluding carboxylic acids is 1. The lowest BCUT2D eigenvalue weighted by Crippen LogP contribution is -2.57. The molecular formula is C21H35FN4O2. The van der Waals surface area contributed by atoms with Crippen molar-refractivity contribution in [1.29, 1.82) is 0 Å². The van der Waals surface area contributed by atoms with E-state index < -0.39 is 11.7 Å². The van der Waals surface area contributed by atoms with Crippen LogP contribution in [0.15, 0.2) is 18.2 Å². The first-order chi connectivity index (χ1) is 12.9. The van der Waals surface area contributed by atoms with E-state index >= 15 is 0 Å². The Morgan fingerprint density at radius 2 is 2.00 bits per heavy atom. The van der Waals surface area contributed by atoms with E-state index in [9.17, 15) is 9.18 Å². The van der Waals surface area contributed by atoms with Gasteiger partial charge in [-0.05, 0) is 60.2 Å². The first kappa shape index (κ1) is 22.6. The van der Waals surface area contributed by atoms with Gasteiger partial charge in [-0.3, -0.25) is 15.2 Å². The third kappa shape index (κ3) is 6.43. The van der Waals surface area contributed by atoms with Crippen LogP contribution in [-0.4, -0.2) is 53.7 Å². The van der Waals surface area contributed by atoms with Crippen molar-refractivity contribution in [2.75, 3.05) is 26.7 Å². The second-order valence-electron chi connectivity index (χ2n) is 9.29. The molecule has 6 nitrogen and oxygen atoms in total. The van der Waals surface area contributed by atoms with Gasteiger partial charge in [-0.15, -0.1) is 0 Å². The fourth-order valence-electron chi connectivity index (χ4n) is 3.23. The third-order valence-corrected chi connectivity index (χ3v) is 5.16. The molecule has 1 fully saturated rings. The summed E-state index contributed by atoms with van der Waals surface area (Å²) >= 11 is 0. The fourth-order valence-corrected chi connectivity index (χ4v) is 3.23. The van der Waals surface area contributed by atoms with Crippen molar-refractivity contribution in [2.45, 2.75) is 65.3 Å². The molecule has 1 aliphatic heterocycles.